The van der Waals surface area contributed by atoms with Crippen molar-refractivity contribution in [3.8, 4) is 5.75 Å². The van der Waals surface area contributed by atoms with Crippen molar-refractivity contribution in [3.63, 3.8) is 0 Å². The molecule has 2 heterocycles. The summed E-state index contributed by atoms with van der Waals surface area (Å²) in [6.45, 7) is 5.42. The van der Waals surface area contributed by atoms with Gasteiger partial charge in [-0.05, 0) is 19.2 Å². The van der Waals surface area contributed by atoms with Crippen LogP contribution in [0.15, 0.2) is 30.3 Å². The molecule has 1 saturated heterocycles. The van der Waals surface area contributed by atoms with Gasteiger partial charge in [0.1, 0.15) is 11.3 Å². The maximum absolute atomic E-state index is 5.40. The molecule has 0 atom stereocenters. The Morgan fingerprint density at radius 2 is 1.90 bits per heavy atom. The third kappa shape index (κ3) is 2.76. The summed E-state index contributed by atoms with van der Waals surface area (Å²) in [5.41, 5.74) is 2.08. The molecule has 2 aromatic rings. The van der Waals surface area contributed by atoms with E-state index >= 15 is 0 Å². The highest BCUT2D eigenvalue weighted by Crippen LogP contribution is 2.23. The van der Waals surface area contributed by atoms with E-state index in [-0.39, 0.29) is 0 Å². The fourth-order valence-corrected chi connectivity index (χ4v) is 2.65. The van der Waals surface area contributed by atoms with Crippen LogP contribution in [-0.4, -0.2) is 55.1 Å². The molecule has 106 valence electrons. The van der Waals surface area contributed by atoms with Crippen molar-refractivity contribution in [1.29, 1.82) is 0 Å². The van der Waals surface area contributed by atoms with Gasteiger partial charge in [0.25, 0.3) is 0 Å². The quantitative estimate of drug-likeness (QED) is 0.853. The summed E-state index contributed by atoms with van der Waals surface area (Å²) in [6.07, 6.45) is 0. The highest BCUT2D eigenvalue weighted by Gasteiger charge is 2.14. The molecular weight excluding hydrogens is 250 g/mol. The van der Waals surface area contributed by atoms with Crippen molar-refractivity contribution in [3.05, 3.63) is 36.0 Å². The lowest BCUT2D eigenvalue weighted by Gasteiger charge is -2.32. The van der Waals surface area contributed by atoms with Gasteiger partial charge in [0.2, 0.25) is 0 Å². The number of hydrogen-bond acceptors (Lipinski definition) is 4. The summed E-state index contributed by atoms with van der Waals surface area (Å²) >= 11 is 0. The molecule has 20 heavy (non-hydrogen) atoms. The SMILES string of the molecule is COc1cccc2ccc(CN3CCN(C)CC3)nc12. The number of rotatable bonds is 3. The van der Waals surface area contributed by atoms with Gasteiger partial charge >= 0.3 is 0 Å². The first-order valence-corrected chi connectivity index (χ1v) is 7.10. The molecule has 0 N–H and O–H groups in total. The zero-order valence-electron chi connectivity index (χ0n) is 12.2. The number of methoxy groups -OCH3 is 1. The molecule has 0 aliphatic carbocycles. The van der Waals surface area contributed by atoms with Crippen LogP contribution in [0.1, 0.15) is 5.69 Å². The topological polar surface area (TPSA) is 28.6 Å². The molecule has 4 heteroatoms. The molecule has 0 amide bonds. The lowest BCUT2D eigenvalue weighted by Crippen LogP contribution is -2.44. The van der Waals surface area contributed by atoms with Gasteiger partial charge < -0.3 is 9.64 Å². The average Bonchev–Trinajstić information content (AvgIpc) is 2.49. The van der Waals surface area contributed by atoms with E-state index in [1.807, 2.05) is 12.1 Å². The van der Waals surface area contributed by atoms with E-state index in [2.05, 4.69) is 35.0 Å². The van der Waals surface area contributed by atoms with Crippen LogP contribution < -0.4 is 4.74 Å². The van der Waals surface area contributed by atoms with Crippen LogP contribution in [0.5, 0.6) is 5.75 Å². The average molecular weight is 271 g/mol. The van der Waals surface area contributed by atoms with Crippen molar-refractivity contribution in [2.24, 2.45) is 0 Å². The Morgan fingerprint density at radius 1 is 1.10 bits per heavy atom. The molecule has 0 radical (unpaired) electrons. The lowest BCUT2D eigenvalue weighted by atomic mass is 10.2. The van der Waals surface area contributed by atoms with Gasteiger partial charge in [-0.25, -0.2) is 4.98 Å². The molecule has 1 aliphatic heterocycles. The van der Waals surface area contributed by atoms with Crippen molar-refractivity contribution in [2.45, 2.75) is 6.54 Å². The summed E-state index contributed by atoms with van der Waals surface area (Å²) in [6, 6.07) is 10.3. The van der Waals surface area contributed by atoms with Crippen molar-refractivity contribution < 1.29 is 4.74 Å². The van der Waals surface area contributed by atoms with E-state index in [0.29, 0.717) is 0 Å². The first kappa shape index (κ1) is 13.3. The van der Waals surface area contributed by atoms with Crippen molar-refractivity contribution in [1.82, 2.24) is 14.8 Å². The number of aromatic nitrogens is 1. The summed E-state index contributed by atoms with van der Waals surface area (Å²) in [5.74, 6) is 0.850. The van der Waals surface area contributed by atoms with E-state index in [1.54, 1.807) is 7.11 Å². The molecule has 0 bridgehead atoms. The summed E-state index contributed by atoms with van der Waals surface area (Å²) in [5, 5.41) is 1.13. The van der Waals surface area contributed by atoms with E-state index in [0.717, 1.165) is 55.1 Å². The van der Waals surface area contributed by atoms with Crippen LogP contribution in [0.4, 0.5) is 0 Å². The van der Waals surface area contributed by atoms with Gasteiger partial charge in [0, 0.05) is 38.1 Å². The molecule has 3 rings (SSSR count). The molecule has 0 spiro atoms. The largest absolute Gasteiger partial charge is 0.494 e. The number of hydrogen-bond donors (Lipinski definition) is 0. The predicted octanol–water partition coefficient (Wildman–Crippen LogP) is 1.99. The molecule has 0 saturated carbocycles. The maximum Gasteiger partial charge on any atom is 0.145 e. The highest BCUT2D eigenvalue weighted by molar-refractivity contribution is 5.84. The minimum absolute atomic E-state index is 0.850. The van der Waals surface area contributed by atoms with Crippen LogP contribution in [-0.2, 0) is 6.54 Å². The van der Waals surface area contributed by atoms with Crippen LogP contribution in [0, 0.1) is 0 Å². The standard InChI is InChI=1S/C16H21N3O/c1-18-8-10-19(11-9-18)12-14-7-6-13-4-3-5-15(20-2)16(13)17-14/h3-7H,8-12H2,1-2H3. The van der Waals surface area contributed by atoms with Crippen LogP contribution in [0.25, 0.3) is 10.9 Å². The normalized spacial score (nSPS) is 17.5. The Balaban J connectivity index is 1.82. The van der Waals surface area contributed by atoms with Gasteiger partial charge in [0.05, 0.1) is 12.8 Å². The zero-order chi connectivity index (χ0) is 13.9. The minimum atomic E-state index is 0.850. The fraction of sp³-hybridized carbons (Fsp3) is 0.438. The Kier molecular flexibility index (Phi) is 3.85. The number of fused-ring (bicyclic) bond motifs is 1. The number of nitrogens with zero attached hydrogens (tertiary/aromatic N) is 3. The minimum Gasteiger partial charge on any atom is -0.494 e. The van der Waals surface area contributed by atoms with Gasteiger partial charge in [-0.2, -0.15) is 0 Å². The van der Waals surface area contributed by atoms with Crippen LogP contribution >= 0.6 is 0 Å². The first-order chi connectivity index (χ1) is 9.76. The van der Waals surface area contributed by atoms with E-state index in [9.17, 15) is 0 Å². The van der Waals surface area contributed by atoms with Gasteiger partial charge in [-0.15, -0.1) is 0 Å². The number of pyridine rings is 1. The molecule has 1 aromatic carbocycles. The summed E-state index contributed by atoms with van der Waals surface area (Å²) in [7, 11) is 3.88. The highest BCUT2D eigenvalue weighted by atomic mass is 16.5. The molecular formula is C16H21N3O. The zero-order valence-corrected chi connectivity index (χ0v) is 12.2. The van der Waals surface area contributed by atoms with Gasteiger partial charge in [-0.1, -0.05) is 18.2 Å². The molecule has 1 aromatic heterocycles. The Labute approximate surface area is 120 Å². The fourth-order valence-electron chi connectivity index (χ4n) is 2.65. The van der Waals surface area contributed by atoms with E-state index < -0.39 is 0 Å². The van der Waals surface area contributed by atoms with E-state index in [1.165, 1.54) is 0 Å². The first-order valence-electron chi connectivity index (χ1n) is 7.10. The van der Waals surface area contributed by atoms with Crippen molar-refractivity contribution in [2.75, 3.05) is 40.3 Å². The van der Waals surface area contributed by atoms with Gasteiger partial charge in [0.15, 0.2) is 0 Å². The number of benzene rings is 1. The van der Waals surface area contributed by atoms with Crippen LogP contribution in [0.3, 0.4) is 0 Å². The van der Waals surface area contributed by atoms with Gasteiger partial charge in [-0.3, -0.25) is 4.90 Å². The summed E-state index contributed by atoms with van der Waals surface area (Å²) in [4.78, 5) is 9.61. The Hall–Kier alpha value is -1.65. The second-order valence-electron chi connectivity index (χ2n) is 5.41. The third-order valence-corrected chi connectivity index (χ3v) is 3.94. The summed E-state index contributed by atoms with van der Waals surface area (Å²) < 4.78 is 5.40. The molecule has 4 nitrogen and oxygen atoms in total. The van der Waals surface area contributed by atoms with E-state index in [4.69, 9.17) is 9.72 Å². The second kappa shape index (κ2) is 5.77. The molecule has 1 fully saturated rings. The molecule has 1 aliphatic rings. The Morgan fingerprint density at radius 3 is 2.65 bits per heavy atom. The van der Waals surface area contributed by atoms with Crippen LogP contribution in [0.2, 0.25) is 0 Å². The molecule has 0 unspecified atom stereocenters. The lowest BCUT2D eigenvalue weighted by molar-refractivity contribution is 0.147. The maximum atomic E-state index is 5.40. The third-order valence-electron chi connectivity index (χ3n) is 3.94. The Bertz CT molecular complexity index is 591. The monoisotopic (exact) mass is 271 g/mol. The van der Waals surface area contributed by atoms with Crippen molar-refractivity contribution >= 4 is 10.9 Å². The number of ether oxygens (including phenoxy) is 1. The number of para-hydroxylation sites is 1. The number of likely N-dealkylation sites (N-methyl/N-ethyl adjacent to an activating group) is 1. The smallest absolute Gasteiger partial charge is 0.145 e. The predicted molar refractivity (Wildman–Crippen MR) is 81.1 cm³/mol. The second-order valence-corrected chi connectivity index (χ2v) is 5.41. The number of piperazine rings is 1.